The van der Waals surface area contributed by atoms with E-state index in [2.05, 4.69) is 22.3 Å². The molecule has 21 heavy (non-hydrogen) atoms. The van der Waals surface area contributed by atoms with Crippen LogP contribution in [0.25, 0.3) is 0 Å². The van der Waals surface area contributed by atoms with Crippen LogP contribution >= 0.6 is 0 Å². The minimum atomic E-state index is 0.0427. The molecule has 0 saturated carbocycles. The van der Waals surface area contributed by atoms with E-state index in [0.29, 0.717) is 24.7 Å². The molecular weight excluding hydrogens is 266 g/mol. The first kappa shape index (κ1) is 13.8. The van der Waals surface area contributed by atoms with Crippen LogP contribution in [0, 0.1) is 0 Å². The summed E-state index contributed by atoms with van der Waals surface area (Å²) in [6.45, 7) is 3.41. The van der Waals surface area contributed by atoms with Crippen molar-refractivity contribution in [2.45, 2.75) is 32.1 Å². The molecule has 1 aromatic heterocycles. The third kappa shape index (κ3) is 3.12. The Morgan fingerprint density at radius 3 is 2.86 bits per heavy atom. The molecule has 0 radical (unpaired) electrons. The molecule has 1 aliphatic rings. The van der Waals surface area contributed by atoms with E-state index in [4.69, 9.17) is 4.52 Å². The predicted octanol–water partition coefficient (Wildman–Crippen LogP) is 2.19. The van der Waals surface area contributed by atoms with Crippen molar-refractivity contribution in [3.8, 4) is 0 Å². The van der Waals surface area contributed by atoms with Gasteiger partial charge >= 0.3 is 0 Å². The van der Waals surface area contributed by atoms with Gasteiger partial charge in [-0.3, -0.25) is 4.79 Å². The molecule has 3 rings (SSSR count). The van der Waals surface area contributed by atoms with Gasteiger partial charge < -0.3 is 9.42 Å². The maximum Gasteiger partial charge on any atom is 0.232 e. The molecule has 1 fully saturated rings. The highest BCUT2D eigenvalue weighted by Gasteiger charge is 2.33. The zero-order chi connectivity index (χ0) is 14.7. The lowest BCUT2D eigenvalue weighted by atomic mass is 10.1. The largest absolute Gasteiger partial charge is 0.342 e. The molecule has 5 heteroatoms. The van der Waals surface area contributed by atoms with E-state index in [1.54, 1.807) is 0 Å². The number of nitrogens with zero attached hydrogens (tertiary/aromatic N) is 3. The third-order valence-electron chi connectivity index (χ3n) is 3.88. The average Bonchev–Trinajstić information content (AvgIpc) is 3.13. The Hall–Kier alpha value is -2.17. The molecule has 5 nitrogen and oxygen atoms in total. The normalized spacial score (nSPS) is 18.4. The van der Waals surface area contributed by atoms with Crippen LogP contribution in [0.5, 0.6) is 0 Å². The van der Waals surface area contributed by atoms with Gasteiger partial charge in [-0.15, -0.1) is 0 Å². The van der Waals surface area contributed by atoms with Crippen molar-refractivity contribution in [1.82, 2.24) is 15.0 Å². The number of hydrogen-bond donors (Lipinski definition) is 0. The SMILES string of the molecule is CCc1noc([C@@H]2CC(=O)N(CCc3ccccc3)C2)n1. The highest BCUT2D eigenvalue weighted by atomic mass is 16.5. The highest BCUT2D eigenvalue weighted by Crippen LogP contribution is 2.27. The minimum absolute atomic E-state index is 0.0427. The second kappa shape index (κ2) is 6.08. The summed E-state index contributed by atoms with van der Waals surface area (Å²) >= 11 is 0. The van der Waals surface area contributed by atoms with Gasteiger partial charge in [0.05, 0.1) is 5.92 Å². The Morgan fingerprint density at radius 2 is 2.14 bits per heavy atom. The monoisotopic (exact) mass is 285 g/mol. The van der Waals surface area contributed by atoms with Crippen molar-refractivity contribution in [3.05, 3.63) is 47.6 Å². The first-order valence-electron chi connectivity index (χ1n) is 7.40. The van der Waals surface area contributed by atoms with Crippen molar-refractivity contribution in [1.29, 1.82) is 0 Å². The smallest absolute Gasteiger partial charge is 0.232 e. The van der Waals surface area contributed by atoms with Gasteiger partial charge in [-0.25, -0.2) is 0 Å². The quantitative estimate of drug-likeness (QED) is 0.845. The van der Waals surface area contributed by atoms with Crippen LogP contribution in [0.15, 0.2) is 34.9 Å². The van der Waals surface area contributed by atoms with E-state index in [-0.39, 0.29) is 11.8 Å². The number of rotatable bonds is 5. The number of carbonyl (C=O) groups excluding carboxylic acids is 1. The maximum atomic E-state index is 12.1. The van der Waals surface area contributed by atoms with Gasteiger partial charge in [0.25, 0.3) is 0 Å². The van der Waals surface area contributed by atoms with E-state index in [9.17, 15) is 4.79 Å². The Morgan fingerprint density at radius 1 is 1.33 bits per heavy atom. The number of aryl methyl sites for hydroxylation is 1. The van der Waals surface area contributed by atoms with Crippen molar-refractivity contribution in [2.24, 2.45) is 0 Å². The molecule has 0 N–H and O–H groups in total. The molecule has 0 unspecified atom stereocenters. The van der Waals surface area contributed by atoms with Crippen molar-refractivity contribution >= 4 is 5.91 Å². The Kier molecular flexibility index (Phi) is 3.99. The molecule has 0 bridgehead atoms. The number of aromatic nitrogens is 2. The summed E-state index contributed by atoms with van der Waals surface area (Å²) in [6.07, 6.45) is 2.10. The lowest BCUT2D eigenvalue weighted by Gasteiger charge is -2.15. The zero-order valence-electron chi connectivity index (χ0n) is 12.2. The minimum Gasteiger partial charge on any atom is -0.342 e. The number of amides is 1. The summed E-state index contributed by atoms with van der Waals surface area (Å²) in [5, 5.41) is 3.91. The second-order valence-corrected chi connectivity index (χ2v) is 5.38. The second-order valence-electron chi connectivity index (χ2n) is 5.38. The Bertz CT molecular complexity index is 609. The summed E-state index contributed by atoms with van der Waals surface area (Å²) in [6, 6.07) is 10.2. The molecule has 1 aromatic carbocycles. The van der Waals surface area contributed by atoms with Crippen LogP contribution in [-0.4, -0.2) is 34.0 Å². The van der Waals surface area contributed by atoms with Gasteiger partial charge in [-0.2, -0.15) is 4.98 Å². The van der Waals surface area contributed by atoms with Gasteiger partial charge in [-0.05, 0) is 12.0 Å². The van der Waals surface area contributed by atoms with Crippen molar-refractivity contribution < 1.29 is 9.32 Å². The van der Waals surface area contributed by atoms with Crippen LogP contribution in [0.4, 0.5) is 0 Å². The summed E-state index contributed by atoms with van der Waals surface area (Å²) in [5.74, 6) is 1.52. The average molecular weight is 285 g/mol. The summed E-state index contributed by atoms with van der Waals surface area (Å²) in [7, 11) is 0. The van der Waals surface area contributed by atoms with Gasteiger partial charge in [0.2, 0.25) is 11.8 Å². The summed E-state index contributed by atoms with van der Waals surface area (Å²) < 4.78 is 5.26. The maximum absolute atomic E-state index is 12.1. The standard InChI is InChI=1S/C16H19N3O2/c1-2-14-17-16(21-18-14)13-10-15(20)19(11-13)9-8-12-6-4-3-5-7-12/h3-7,13H,2,8-11H2,1H3/t13-/m1/s1. The topological polar surface area (TPSA) is 59.2 Å². The molecule has 1 amide bonds. The third-order valence-corrected chi connectivity index (χ3v) is 3.88. The first-order valence-corrected chi connectivity index (χ1v) is 7.40. The van der Waals surface area contributed by atoms with Crippen molar-refractivity contribution in [2.75, 3.05) is 13.1 Å². The Balaban J connectivity index is 1.59. The lowest BCUT2D eigenvalue weighted by Crippen LogP contribution is -2.27. The van der Waals surface area contributed by atoms with E-state index < -0.39 is 0 Å². The lowest BCUT2D eigenvalue weighted by molar-refractivity contribution is -0.127. The molecule has 0 spiro atoms. The van der Waals surface area contributed by atoms with E-state index >= 15 is 0 Å². The fraction of sp³-hybridized carbons (Fsp3) is 0.438. The molecule has 1 saturated heterocycles. The molecular formula is C16H19N3O2. The van der Waals surface area contributed by atoms with Crippen LogP contribution in [0.1, 0.15) is 36.5 Å². The molecule has 1 atom stereocenters. The number of hydrogen-bond acceptors (Lipinski definition) is 4. The van der Waals surface area contributed by atoms with Crippen LogP contribution in [0.3, 0.4) is 0 Å². The summed E-state index contributed by atoms with van der Waals surface area (Å²) in [5.41, 5.74) is 1.25. The van der Waals surface area contributed by atoms with Gasteiger partial charge in [0.15, 0.2) is 5.82 Å². The molecule has 0 aliphatic carbocycles. The summed E-state index contributed by atoms with van der Waals surface area (Å²) in [4.78, 5) is 18.3. The van der Waals surface area contributed by atoms with Crippen molar-refractivity contribution in [3.63, 3.8) is 0 Å². The molecule has 110 valence electrons. The molecule has 2 aromatic rings. The van der Waals surface area contributed by atoms with Gasteiger partial charge in [0.1, 0.15) is 0 Å². The van der Waals surface area contributed by atoms with E-state index in [0.717, 1.165) is 19.4 Å². The fourth-order valence-corrected chi connectivity index (χ4v) is 2.64. The van der Waals surface area contributed by atoms with Gasteiger partial charge in [0, 0.05) is 25.9 Å². The molecule has 2 heterocycles. The van der Waals surface area contributed by atoms with Crippen LogP contribution in [0.2, 0.25) is 0 Å². The van der Waals surface area contributed by atoms with Crippen LogP contribution < -0.4 is 0 Å². The van der Waals surface area contributed by atoms with Gasteiger partial charge in [-0.1, -0.05) is 42.4 Å². The van der Waals surface area contributed by atoms with E-state index in [1.807, 2.05) is 30.0 Å². The predicted molar refractivity (Wildman–Crippen MR) is 77.8 cm³/mol. The number of carbonyl (C=O) groups is 1. The fourth-order valence-electron chi connectivity index (χ4n) is 2.64. The number of likely N-dealkylation sites (tertiary alicyclic amines) is 1. The zero-order valence-corrected chi connectivity index (χ0v) is 12.2. The van der Waals surface area contributed by atoms with Crippen LogP contribution in [-0.2, 0) is 17.6 Å². The van der Waals surface area contributed by atoms with E-state index in [1.165, 1.54) is 5.56 Å². The Labute approximate surface area is 124 Å². The molecule has 1 aliphatic heterocycles. The number of benzene rings is 1. The first-order chi connectivity index (χ1) is 10.3. The highest BCUT2D eigenvalue weighted by molar-refractivity contribution is 5.79.